The van der Waals surface area contributed by atoms with Gasteiger partial charge in [0, 0.05) is 4.88 Å². The molecular formula is C22H20FNOS. The molecule has 1 aromatic heterocycles. The lowest BCUT2D eigenvalue weighted by atomic mass is 10.0. The second-order valence-corrected chi connectivity index (χ2v) is 7.68. The van der Waals surface area contributed by atoms with Crippen LogP contribution in [0.1, 0.15) is 39.6 Å². The van der Waals surface area contributed by atoms with Gasteiger partial charge >= 0.3 is 0 Å². The zero-order valence-electron chi connectivity index (χ0n) is 14.4. The van der Waals surface area contributed by atoms with Gasteiger partial charge in [0.1, 0.15) is 5.82 Å². The topological polar surface area (TPSA) is 29.1 Å². The minimum atomic E-state index is -0.275. The number of aryl methyl sites for hydroxylation is 2. The van der Waals surface area contributed by atoms with E-state index in [9.17, 15) is 9.18 Å². The van der Waals surface area contributed by atoms with Crippen LogP contribution in [0.3, 0.4) is 0 Å². The van der Waals surface area contributed by atoms with Crippen molar-refractivity contribution in [2.24, 2.45) is 0 Å². The molecule has 2 nitrogen and oxygen atoms in total. The van der Waals surface area contributed by atoms with Crippen LogP contribution in [-0.2, 0) is 24.1 Å². The minimum absolute atomic E-state index is 0.0225. The first kappa shape index (κ1) is 17.0. The molecule has 1 amide bonds. The van der Waals surface area contributed by atoms with Crippen LogP contribution in [0.25, 0.3) is 0 Å². The second kappa shape index (κ2) is 7.42. The Bertz CT molecular complexity index is 902. The molecule has 132 valence electrons. The molecule has 1 atom stereocenters. The summed E-state index contributed by atoms with van der Waals surface area (Å²) in [5.74, 6) is -0.297. The Morgan fingerprint density at radius 1 is 1.08 bits per heavy atom. The molecule has 2 aromatic carbocycles. The number of benzene rings is 2. The first-order valence-electron chi connectivity index (χ1n) is 8.88. The Morgan fingerprint density at radius 3 is 2.65 bits per heavy atom. The van der Waals surface area contributed by atoms with Gasteiger partial charge < -0.3 is 5.32 Å². The summed E-state index contributed by atoms with van der Waals surface area (Å²) < 4.78 is 13.3. The summed E-state index contributed by atoms with van der Waals surface area (Å²) in [6.45, 7) is 0. The maximum Gasteiger partial charge on any atom is 0.225 e. The van der Waals surface area contributed by atoms with Crippen LogP contribution >= 0.6 is 11.3 Å². The molecule has 0 saturated carbocycles. The standard InChI is InChI=1S/C22H20FNOS/c23-19-10-8-17(9-11-19)22(20-5-2-12-26-20)24-21(25)14-15-6-7-16-3-1-4-18(16)13-15/h2,5-13,22H,1,3-4,14H2,(H,24,25). The quantitative estimate of drug-likeness (QED) is 0.690. The van der Waals surface area contributed by atoms with E-state index in [-0.39, 0.29) is 17.8 Å². The average molecular weight is 365 g/mol. The molecule has 0 bridgehead atoms. The molecule has 3 aromatic rings. The molecule has 0 saturated heterocycles. The minimum Gasteiger partial charge on any atom is -0.344 e. The molecule has 4 heteroatoms. The lowest BCUT2D eigenvalue weighted by Crippen LogP contribution is -2.30. The van der Waals surface area contributed by atoms with E-state index in [1.807, 2.05) is 17.5 Å². The zero-order chi connectivity index (χ0) is 17.9. The number of fused-ring (bicyclic) bond motifs is 1. The van der Waals surface area contributed by atoms with Gasteiger partial charge in [0.15, 0.2) is 0 Å². The molecule has 4 rings (SSSR count). The predicted octanol–water partition coefficient (Wildman–Crippen LogP) is 4.82. The van der Waals surface area contributed by atoms with Gasteiger partial charge in [-0.05, 0) is 65.1 Å². The Kier molecular flexibility index (Phi) is 4.85. The number of thiophene rings is 1. The second-order valence-electron chi connectivity index (χ2n) is 6.70. The Balaban J connectivity index is 1.52. The van der Waals surface area contributed by atoms with Gasteiger partial charge in [-0.3, -0.25) is 4.79 Å². The Morgan fingerprint density at radius 2 is 1.88 bits per heavy atom. The van der Waals surface area contributed by atoms with Crippen molar-refractivity contribution in [3.05, 3.63) is 92.9 Å². The number of carbonyl (C=O) groups excluding carboxylic acids is 1. The average Bonchev–Trinajstić information content (AvgIpc) is 3.32. The summed E-state index contributed by atoms with van der Waals surface area (Å²) in [6, 6.07) is 16.4. The Labute approximate surface area is 156 Å². The van der Waals surface area contributed by atoms with Gasteiger partial charge in [-0.25, -0.2) is 4.39 Å². The summed E-state index contributed by atoms with van der Waals surface area (Å²) in [5, 5.41) is 5.11. The normalized spacial score (nSPS) is 14.0. The van der Waals surface area contributed by atoms with Crippen LogP contribution in [0.15, 0.2) is 60.0 Å². The largest absolute Gasteiger partial charge is 0.344 e. The molecule has 0 aliphatic heterocycles. The highest BCUT2D eigenvalue weighted by Crippen LogP contribution is 2.27. The number of hydrogen-bond donors (Lipinski definition) is 1. The van der Waals surface area contributed by atoms with Crippen LogP contribution in [0.5, 0.6) is 0 Å². The van der Waals surface area contributed by atoms with Crippen LogP contribution in [0.2, 0.25) is 0 Å². The highest BCUT2D eigenvalue weighted by Gasteiger charge is 2.19. The summed E-state index contributed by atoms with van der Waals surface area (Å²) in [5.41, 5.74) is 4.73. The molecule has 26 heavy (non-hydrogen) atoms. The van der Waals surface area contributed by atoms with E-state index in [0.29, 0.717) is 6.42 Å². The molecule has 1 unspecified atom stereocenters. The van der Waals surface area contributed by atoms with Gasteiger partial charge in [0.05, 0.1) is 12.5 Å². The lowest BCUT2D eigenvalue weighted by molar-refractivity contribution is -0.120. The van der Waals surface area contributed by atoms with E-state index >= 15 is 0 Å². The molecule has 1 heterocycles. The number of nitrogens with one attached hydrogen (secondary N) is 1. The summed E-state index contributed by atoms with van der Waals surface area (Å²) in [4.78, 5) is 13.7. The van der Waals surface area contributed by atoms with E-state index in [0.717, 1.165) is 28.8 Å². The van der Waals surface area contributed by atoms with Crippen molar-refractivity contribution in [2.75, 3.05) is 0 Å². The fraction of sp³-hybridized carbons (Fsp3) is 0.227. The number of rotatable bonds is 5. The molecule has 1 aliphatic carbocycles. The predicted molar refractivity (Wildman–Crippen MR) is 103 cm³/mol. The Hall–Kier alpha value is -2.46. The van der Waals surface area contributed by atoms with Gasteiger partial charge in [-0.2, -0.15) is 0 Å². The zero-order valence-corrected chi connectivity index (χ0v) is 15.2. The van der Waals surface area contributed by atoms with Crippen LogP contribution in [-0.4, -0.2) is 5.91 Å². The van der Waals surface area contributed by atoms with Gasteiger partial charge in [-0.1, -0.05) is 36.4 Å². The van der Waals surface area contributed by atoms with Crippen molar-refractivity contribution < 1.29 is 9.18 Å². The van der Waals surface area contributed by atoms with Gasteiger partial charge in [-0.15, -0.1) is 11.3 Å². The van der Waals surface area contributed by atoms with Crippen LogP contribution in [0, 0.1) is 5.82 Å². The van der Waals surface area contributed by atoms with Gasteiger partial charge in [0.2, 0.25) is 5.91 Å². The van der Waals surface area contributed by atoms with Crippen molar-refractivity contribution in [3.63, 3.8) is 0 Å². The van der Waals surface area contributed by atoms with E-state index in [4.69, 9.17) is 0 Å². The first-order chi connectivity index (χ1) is 12.7. The number of amides is 1. The molecule has 0 fully saturated rings. The maximum atomic E-state index is 13.3. The molecule has 0 spiro atoms. The van der Waals surface area contributed by atoms with E-state index in [1.54, 1.807) is 23.5 Å². The monoisotopic (exact) mass is 365 g/mol. The van der Waals surface area contributed by atoms with E-state index < -0.39 is 0 Å². The third-order valence-corrected chi connectivity index (χ3v) is 5.80. The third kappa shape index (κ3) is 3.70. The highest BCUT2D eigenvalue weighted by atomic mass is 32.1. The van der Waals surface area contributed by atoms with Crippen molar-refractivity contribution >= 4 is 17.2 Å². The van der Waals surface area contributed by atoms with Crippen LogP contribution < -0.4 is 5.32 Å². The number of carbonyl (C=O) groups is 1. The first-order valence-corrected chi connectivity index (χ1v) is 9.76. The fourth-order valence-electron chi connectivity index (χ4n) is 3.56. The van der Waals surface area contributed by atoms with Crippen LogP contribution in [0.4, 0.5) is 4.39 Å². The van der Waals surface area contributed by atoms with Gasteiger partial charge in [0.25, 0.3) is 0 Å². The molecular weight excluding hydrogens is 345 g/mol. The summed E-state index contributed by atoms with van der Waals surface area (Å²) in [7, 11) is 0. The fourth-order valence-corrected chi connectivity index (χ4v) is 4.36. The smallest absolute Gasteiger partial charge is 0.225 e. The van der Waals surface area contributed by atoms with E-state index in [2.05, 4.69) is 23.5 Å². The molecule has 1 aliphatic rings. The van der Waals surface area contributed by atoms with Crippen molar-refractivity contribution in [2.45, 2.75) is 31.7 Å². The summed E-state index contributed by atoms with van der Waals surface area (Å²) >= 11 is 1.59. The third-order valence-electron chi connectivity index (χ3n) is 4.86. The molecule has 0 radical (unpaired) electrons. The highest BCUT2D eigenvalue weighted by molar-refractivity contribution is 7.10. The van der Waals surface area contributed by atoms with Crippen molar-refractivity contribution in [1.29, 1.82) is 0 Å². The maximum absolute atomic E-state index is 13.3. The number of hydrogen-bond acceptors (Lipinski definition) is 2. The SMILES string of the molecule is O=C(Cc1ccc2c(c1)CCC2)NC(c1ccc(F)cc1)c1cccs1. The van der Waals surface area contributed by atoms with Crippen molar-refractivity contribution in [3.8, 4) is 0 Å². The lowest BCUT2D eigenvalue weighted by Gasteiger charge is -2.18. The molecule has 1 N–H and O–H groups in total. The van der Waals surface area contributed by atoms with E-state index in [1.165, 1.54) is 29.7 Å². The van der Waals surface area contributed by atoms with Crippen molar-refractivity contribution in [1.82, 2.24) is 5.32 Å². The summed E-state index contributed by atoms with van der Waals surface area (Å²) in [6.07, 6.45) is 3.82. The number of halogens is 1.